The van der Waals surface area contributed by atoms with Gasteiger partial charge in [-0.25, -0.2) is 0 Å². The average Bonchev–Trinajstić information content (AvgIpc) is 1.89. The first kappa shape index (κ1) is 70.3. The number of carboxylic acids is 3. The molecule has 2 aliphatic heterocycles. The number of benzene rings is 4. The molecule has 0 saturated carbocycles. The van der Waals surface area contributed by atoms with Crippen LogP contribution in [0.4, 0.5) is 5.69 Å². The van der Waals surface area contributed by atoms with Crippen molar-refractivity contribution in [1.29, 1.82) is 5.41 Å². The number of carbonyl (C=O) groups excluding carboxylic acids is 8. The number of carbonyl (C=O) groups is 11. The minimum atomic E-state index is -1.31. The van der Waals surface area contributed by atoms with Crippen molar-refractivity contribution in [2.45, 2.75) is 62.7 Å². The highest BCUT2D eigenvalue weighted by molar-refractivity contribution is 5.99. The van der Waals surface area contributed by atoms with Gasteiger partial charge in [-0.15, -0.1) is 0 Å². The van der Waals surface area contributed by atoms with Crippen molar-refractivity contribution in [3.63, 3.8) is 0 Å². The van der Waals surface area contributed by atoms with Crippen molar-refractivity contribution < 1.29 is 73.2 Å². The Balaban J connectivity index is 1.10. The van der Waals surface area contributed by atoms with Crippen LogP contribution in [0.1, 0.15) is 47.2 Å². The lowest BCUT2D eigenvalue weighted by Crippen LogP contribution is -2.58. The Labute approximate surface area is 525 Å². The molecule has 2 aliphatic rings. The highest BCUT2D eigenvalue weighted by Gasteiger charge is 2.36. The van der Waals surface area contributed by atoms with Crippen LogP contribution in [0.2, 0.25) is 0 Å². The first-order valence-corrected chi connectivity index (χ1v) is 29.8. The van der Waals surface area contributed by atoms with Gasteiger partial charge in [-0.3, -0.25) is 77.7 Å². The van der Waals surface area contributed by atoms with Crippen molar-refractivity contribution in [2.75, 3.05) is 117 Å². The Morgan fingerprint density at radius 1 is 0.571 bits per heavy atom. The normalized spacial score (nSPS) is 19.1. The minimum absolute atomic E-state index is 0.00973. The number of fused-ring (bicyclic) bond motifs is 1. The van der Waals surface area contributed by atoms with Crippen LogP contribution in [-0.4, -0.2) is 252 Å². The second-order valence-electron chi connectivity index (χ2n) is 22.3. The Hall–Kier alpha value is -9.78. The highest BCUT2D eigenvalue weighted by Crippen LogP contribution is 2.19. The summed E-state index contributed by atoms with van der Waals surface area (Å²) in [6.07, 6.45) is 0.120. The highest BCUT2D eigenvalue weighted by atomic mass is 16.4. The molecule has 91 heavy (non-hydrogen) atoms. The lowest BCUT2D eigenvalue weighted by Gasteiger charge is -2.32. The number of anilines is 1. The zero-order chi connectivity index (χ0) is 66.0. The molecule has 8 amide bonds. The molecule has 0 aliphatic carbocycles. The Kier molecular flexibility index (Phi) is 27.4. The number of hydrogen-bond acceptors (Lipinski definition) is 17. The van der Waals surface area contributed by atoms with E-state index in [2.05, 4.69) is 42.5 Å². The number of nitrogens with zero attached hydrogens (tertiary/aromatic N) is 5. The monoisotopic (exact) mass is 1260 g/mol. The molecule has 15 N–H and O–H groups in total. The van der Waals surface area contributed by atoms with E-state index in [4.69, 9.17) is 11.1 Å². The van der Waals surface area contributed by atoms with E-state index < -0.39 is 102 Å². The van der Waals surface area contributed by atoms with Gasteiger partial charge in [0.05, 0.1) is 39.3 Å². The first-order chi connectivity index (χ1) is 43.5. The van der Waals surface area contributed by atoms with Gasteiger partial charge in [-0.2, -0.15) is 0 Å². The van der Waals surface area contributed by atoms with E-state index in [-0.39, 0.29) is 153 Å². The number of amides is 8. The smallest absolute Gasteiger partial charge is 0.317 e. The van der Waals surface area contributed by atoms with Crippen molar-refractivity contribution in [3.05, 3.63) is 108 Å². The van der Waals surface area contributed by atoms with Gasteiger partial charge < -0.3 is 73.6 Å². The number of phenols is 1. The number of nitrogens with one attached hydrogen (secondary N) is 9. The van der Waals surface area contributed by atoms with Crippen LogP contribution < -0.4 is 48.3 Å². The number of phenolic OH excluding ortho intramolecular Hbond substituents is 1. The summed E-state index contributed by atoms with van der Waals surface area (Å²) in [5, 5.41) is 69.5. The van der Waals surface area contributed by atoms with Gasteiger partial charge in [-0.05, 0) is 84.0 Å². The summed E-state index contributed by atoms with van der Waals surface area (Å²) in [6, 6.07) is 19.7. The third-order valence-corrected chi connectivity index (χ3v) is 15.2. The molecule has 0 spiro atoms. The maximum absolute atomic E-state index is 14.7. The van der Waals surface area contributed by atoms with E-state index in [0.717, 1.165) is 15.7 Å². The van der Waals surface area contributed by atoms with Crippen molar-refractivity contribution in [1.82, 2.24) is 61.7 Å². The van der Waals surface area contributed by atoms with E-state index >= 15 is 0 Å². The van der Waals surface area contributed by atoms with Crippen LogP contribution in [0.5, 0.6) is 5.75 Å². The second-order valence-corrected chi connectivity index (χ2v) is 22.3. The SMILES string of the molecule is CN1C(=O)[C@@H](Cc2ccc(O)cc2)NC(=O)CNC(=O)[C@H](Cc2ccc3ccccc3c2)NC(=O)[C@H](CCCNC(=N)N)NC(=O)[C@H]1CCCNC(=O)c1ccc(NC(=O)CNC(=O)CN2CCN(CC(=O)O)CCN(CC(=O)O)CCN(CC(=O)O)CC2)cc1. The molecule has 0 aromatic heterocycles. The lowest BCUT2D eigenvalue weighted by molar-refractivity contribution is -0.142. The molecule has 2 heterocycles. The number of nitrogens with two attached hydrogens (primary N) is 1. The maximum Gasteiger partial charge on any atom is 0.317 e. The predicted molar refractivity (Wildman–Crippen MR) is 332 cm³/mol. The van der Waals surface area contributed by atoms with E-state index in [9.17, 15) is 73.2 Å². The van der Waals surface area contributed by atoms with Crippen LogP contribution in [-0.2, 0) is 60.8 Å². The molecule has 4 aromatic rings. The second kappa shape index (κ2) is 35.4. The molecule has 490 valence electrons. The number of rotatable bonds is 24. The molecule has 4 aromatic carbocycles. The van der Waals surface area contributed by atoms with E-state index in [1.54, 1.807) is 31.7 Å². The molecule has 6 rings (SSSR count). The van der Waals surface area contributed by atoms with Crippen LogP contribution in [0.3, 0.4) is 0 Å². The van der Waals surface area contributed by atoms with Gasteiger partial charge in [0, 0.05) is 96.6 Å². The molecule has 0 unspecified atom stereocenters. The number of aliphatic carboxylic acids is 3. The standard InChI is InChI=1S/C61H81N15O15/c1-72-49(9-5-20-64-56(87)42-14-16-44(17-15-42)68-50(78)33-66-52(80)35-73-22-24-74(36-53(81)82)26-28-76(38-55(85)86)29-27-75(25-23-73)37-54(83)84)59(90)70-46(8-4-21-65-61(62)63)58(89)71-47(32-40-10-13-41-6-2-3-7-43(41)30-40)57(88)67-34-51(79)69-48(60(72)91)31-39-11-18-45(77)19-12-39/h2-3,6-7,10-19,30,46-49,77H,4-5,8-9,20-29,31-38H2,1H3,(H,64,87)(H,66,80)(H,67,88)(H,68,78)(H,69,79)(H,70,90)(H,71,89)(H,81,82)(H,83,84)(H,85,86)(H4,62,63,65)/t46-,47-,48+,49+/m0/s1. The average molecular weight is 1260 g/mol. The van der Waals surface area contributed by atoms with Crippen LogP contribution in [0.15, 0.2) is 91.0 Å². The summed E-state index contributed by atoms with van der Waals surface area (Å²) in [5.41, 5.74) is 7.20. The van der Waals surface area contributed by atoms with Gasteiger partial charge in [0.2, 0.25) is 41.4 Å². The van der Waals surface area contributed by atoms with Crippen molar-refractivity contribution in [3.8, 4) is 5.75 Å². The molecule has 30 heteroatoms. The Bertz CT molecular complexity index is 3190. The molecular formula is C61H81N15O15. The first-order valence-electron chi connectivity index (χ1n) is 29.8. The maximum atomic E-state index is 14.7. The fourth-order valence-electron chi connectivity index (χ4n) is 10.4. The van der Waals surface area contributed by atoms with Gasteiger partial charge in [-0.1, -0.05) is 54.6 Å². The fourth-order valence-corrected chi connectivity index (χ4v) is 10.4. The van der Waals surface area contributed by atoms with E-state index in [1.165, 1.54) is 43.4 Å². The summed E-state index contributed by atoms with van der Waals surface area (Å²) in [5.74, 6) is -9.01. The van der Waals surface area contributed by atoms with Crippen LogP contribution in [0, 0.1) is 5.41 Å². The lowest BCUT2D eigenvalue weighted by atomic mass is 10.00. The number of hydrogen-bond donors (Lipinski definition) is 14. The molecule has 2 saturated heterocycles. The van der Waals surface area contributed by atoms with E-state index in [0.29, 0.717) is 11.1 Å². The molecule has 0 bridgehead atoms. The van der Waals surface area contributed by atoms with Crippen molar-refractivity contribution in [2.24, 2.45) is 5.73 Å². The number of carboxylic acid groups (broad SMARTS) is 3. The molecule has 2 fully saturated rings. The third kappa shape index (κ3) is 24.3. The molecular weight excluding hydrogens is 1180 g/mol. The van der Waals surface area contributed by atoms with Gasteiger partial charge >= 0.3 is 17.9 Å². The zero-order valence-electron chi connectivity index (χ0n) is 50.6. The molecule has 0 radical (unpaired) electrons. The third-order valence-electron chi connectivity index (χ3n) is 15.2. The minimum Gasteiger partial charge on any atom is -0.508 e. The zero-order valence-corrected chi connectivity index (χ0v) is 50.6. The molecule has 4 atom stereocenters. The summed E-state index contributed by atoms with van der Waals surface area (Å²) < 4.78 is 0. The topological polar surface area (TPSA) is 431 Å². The van der Waals surface area contributed by atoms with Gasteiger partial charge in [0.25, 0.3) is 5.91 Å². The number of guanidine groups is 1. The van der Waals surface area contributed by atoms with Crippen LogP contribution in [0.25, 0.3) is 10.8 Å². The fraction of sp³-hybridized carbons (Fsp3) is 0.443. The number of aromatic hydroxyl groups is 1. The predicted octanol–water partition coefficient (Wildman–Crippen LogP) is -2.25. The summed E-state index contributed by atoms with van der Waals surface area (Å²) in [6.45, 7) is -0.550. The summed E-state index contributed by atoms with van der Waals surface area (Å²) >= 11 is 0. The van der Waals surface area contributed by atoms with Gasteiger partial charge in [0.1, 0.15) is 29.9 Å². The summed E-state index contributed by atoms with van der Waals surface area (Å²) in [7, 11) is 1.37. The van der Waals surface area contributed by atoms with E-state index in [1.807, 2.05) is 42.5 Å². The number of likely N-dealkylation sites (N-methyl/N-ethyl adjacent to an activating group) is 1. The molecule has 30 nitrogen and oxygen atoms in total. The summed E-state index contributed by atoms with van der Waals surface area (Å²) in [4.78, 5) is 154. The Morgan fingerprint density at radius 3 is 1.68 bits per heavy atom. The van der Waals surface area contributed by atoms with Crippen molar-refractivity contribution >= 4 is 87.6 Å². The largest absolute Gasteiger partial charge is 0.508 e. The van der Waals surface area contributed by atoms with Crippen LogP contribution >= 0.6 is 0 Å². The Morgan fingerprint density at radius 2 is 1.10 bits per heavy atom. The quantitative estimate of drug-likeness (QED) is 0.0200. The van der Waals surface area contributed by atoms with Gasteiger partial charge in [0.15, 0.2) is 5.96 Å².